The molecule has 0 aromatic heterocycles. The number of rotatable bonds is 6. The van der Waals surface area contributed by atoms with Gasteiger partial charge in [0.05, 0.1) is 0 Å². The molecule has 0 bridgehead atoms. The Morgan fingerprint density at radius 2 is 1.75 bits per heavy atom. The third-order valence-electron chi connectivity index (χ3n) is 5.48. The van der Waals surface area contributed by atoms with Gasteiger partial charge in [0.1, 0.15) is 0 Å². The summed E-state index contributed by atoms with van der Waals surface area (Å²) >= 11 is 0. The monoisotopic (exact) mass is 282 g/mol. The molecule has 20 heavy (non-hydrogen) atoms. The van der Waals surface area contributed by atoms with E-state index in [0.717, 1.165) is 30.5 Å². The van der Waals surface area contributed by atoms with Crippen LogP contribution in [-0.4, -0.2) is 50.3 Å². The maximum atomic E-state index is 5.13. The van der Waals surface area contributed by atoms with Gasteiger partial charge < -0.3 is 15.0 Å². The third-order valence-corrected chi connectivity index (χ3v) is 5.48. The maximum Gasteiger partial charge on any atom is 0.0474 e. The van der Waals surface area contributed by atoms with Gasteiger partial charge in [0, 0.05) is 32.3 Å². The van der Waals surface area contributed by atoms with Crippen LogP contribution in [0.5, 0.6) is 0 Å². The number of hydrogen-bond acceptors (Lipinski definition) is 3. The molecule has 3 nitrogen and oxygen atoms in total. The summed E-state index contributed by atoms with van der Waals surface area (Å²) in [7, 11) is 1.79. The summed E-state index contributed by atoms with van der Waals surface area (Å²) in [5.41, 5.74) is 0. The van der Waals surface area contributed by atoms with Crippen LogP contribution in [-0.2, 0) is 4.74 Å². The smallest absolute Gasteiger partial charge is 0.0474 e. The molecule has 1 saturated carbocycles. The summed E-state index contributed by atoms with van der Waals surface area (Å²) in [4.78, 5) is 2.60. The summed E-state index contributed by atoms with van der Waals surface area (Å²) in [6, 6.07) is 1.55. The Kier molecular flexibility index (Phi) is 6.79. The Labute approximate surface area is 125 Å². The highest BCUT2D eigenvalue weighted by Crippen LogP contribution is 2.30. The molecule has 2 fully saturated rings. The van der Waals surface area contributed by atoms with Gasteiger partial charge in [-0.2, -0.15) is 0 Å². The third kappa shape index (κ3) is 5.01. The number of likely N-dealkylation sites (tertiary alicyclic amines) is 1. The Hall–Kier alpha value is -0.120. The lowest BCUT2D eigenvalue weighted by Crippen LogP contribution is -2.48. The second-order valence-corrected chi connectivity index (χ2v) is 7.09. The first-order valence-electron chi connectivity index (χ1n) is 8.66. The molecule has 1 aliphatic carbocycles. The maximum absolute atomic E-state index is 5.13. The number of ether oxygens (including phenoxy) is 1. The molecule has 3 heteroatoms. The molecule has 118 valence electrons. The molecule has 1 heterocycles. The molecule has 2 aliphatic rings. The van der Waals surface area contributed by atoms with Crippen LogP contribution in [0, 0.1) is 11.8 Å². The minimum atomic E-state index is 0.763. The molecule has 0 aromatic rings. The standard InChI is InChI=1S/C17H34N2O/c1-14-5-6-17(13-15(14)2)18-16-7-10-19(11-8-16)9-4-12-20-3/h14-18H,4-13H2,1-3H3/t14-,15-,17+/m0/s1. The highest BCUT2D eigenvalue weighted by atomic mass is 16.5. The van der Waals surface area contributed by atoms with Crippen molar-refractivity contribution >= 4 is 0 Å². The Bertz CT molecular complexity index is 264. The van der Waals surface area contributed by atoms with E-state index in [1.54, 1.807) is 7.11 Å². The van der Waals surface area contributed by atoms with Gasteiger partial charge in [-0.3, -0.25) is 0 Å². The summed E-state index contributed by atoms with van der Waals surface area (Å²) in [5, 5.41) is 3.95. The van der Waals surface area contributed by atoms with E-state index in [9.17, 15) is 0 Å². The number of hydrogen-bond donors (Lipinski definition) is 1. The van der Waals surface area contributed by atoms with E-state index in [1.165, 1.54) is 58.2 Å². The average molecular weight is 282 g/mol. The number of methoxy groups -OCH3 is 1. The average Bonchev–Trinajstić information content (AvgIpc) is 2.45. The zero-order valence-electron chi connectivity index (χ0n) is 13.7. The molecule has 0 spiro atoms. The SMILES string of the molecule is COCCCN1CCC(N[C@@H]2CC[C@H](C)[C@@H](C)C2)CC1. The van der Waals surface area contributed by atoms with Crippen LogP contribution in [0.1, 0.15) is 52.4 Å². The van der Waals surface area contributed by atoms with E-state index in [-0.39, 0.29) is 0 Å². The molecule has 2 rings (SSSR count). The second kappa shape index (κ2) is 8.35. The fourth-order valence-corrected chi connectivity index (χ4v) is 3.79. The van der Waals surface area contributed by atoms with E-state index in [2.05, 4.69) is 24.1 Å². The topological polar surface area (TPSA) is 24.5 Å². The number of nitrogens with zero attached hydrogens (tertiary/aromatic N) is 1. The van der Waals surface area contributed by atoms with Gasteiger partial charge in [-0.05, 0) is 63.5 Å². The van der Waals surface area contributed by atoms with Gasteiger partial charge in [-0.1, -0.05) is 13.8 Å². The minimum Gasteiger partial charge on any atom is -0.385 e. The molecule has 0 amide bonds. The first-order valence-corrected chi connectivity index (χ1v) is 8.66. The van der Waals surface area contributed by atoms with Crippen molar-refractivity contribution in [2.75, 3.05) is 33.4 Å². The zero-order chi connectivity index (χ0) is 14.4. The number of nitrogens with one attached hydrogen (secondary N) is 1. The second-order valence-electron chi connectivity index (χ2n) is 7.09. The van der Waals surface area contributed by atoms with Crippen LogP contribution in [0.15, 0.2) is 0 Å². The fraction of sp³-hybridized carbons (Fsp3) is 1.00. The molecular weight excluding hydrogens is 248 g/mol. The first-order chi connectivity index (χ1) is 9.69. The Morgan fingerprint density at radius 3 is 2.40 bits per heavy atom. The van der Waals surface area contributed by atoms with Gasteiger partial charge in [0.2, 0.25) is 0 Å². The molecular formula is C17H34N2O. The van der Waals surface area contributed by atoms with Gasteiger partial charge in [0.15, 0.2) is 0 Å². The quantitative estimate of drug-likeness (QED) is 0.758. The lowest BCUT2D eigenvalue weighted by atomic mass is 9.79. The summed E-state index contributed by atoms with van der Waals surface area (Å²) in [6.07, 6.45) is 8.01. The molecule has 1 aliphatic heterocycles. The van der Waals surface area contributed by atoms with E-state index in [1.807, 2.05) is 0 Å². The van der Waals surface area contributed by atoms with Crippen molar-refractivity contribution in [3.8, 4) is 0 Å². The van der Waals surface area contributed by atoms with Gasteiger partial charge in [0.25, 0.3) is 0 Å². The van der Waals surface area contributed by atoms with E-state index in [0.29, 0.717) is 0 Å². The van der Waals surface area contributed by atoms with E-state index < -0.39 is 0 Å². The summed E-state index contributed by atoms with van der Waals surface area (Å²) in [6.45, 7) is 9.48. The van der Waals surface area contributed by atoms with Crippen molar-refractivity contribution in [2.24, 2.45) is 11.8 Å². The molecule has 0 aromatic carbocycles. The normalized spacial score (nSPS) is 33.5. The van der Waals surface area contributed by atoms with Crippen molar-refractivity contribution in [1.29, 1.82) is 0 Å². The molecule has 1 saturated heterocycles. The van der Waals surface area contributed by atoms with Gasteiger partial charge in [-0.25, -0.2) is 0 Å². The summed E-state index contributed by atoms with van der Waals surface area (Å²) < 4.78 is 5.13. The van der Waals surface area contributed by atoms with Crippen molar-refractivity contribution in [3.05, 3.63) is 0 Å². The highest BCUT2D eigenvalue weighted by molar-refractivity contribution is 4.85. The molecule has 0 radical (unpaired) electrons. The fourth-order valence-electron chi connectivity index (χ4n) is 3.79. The molecule has 0 unspecified atom stereocenters. The van der Waals surface area contributed by atoms with Crippen LogP contribution in [0.3, 0.4) is 0 Å². The number of piperidine rings is 1. The predicted octanol–water partition coefficient (Wildman–Crippen LogP) is 2.90. The zero-order valence-corrected chi connectivity index (χ0v) is 13.7. The van der Waals surface area contributed by atoms with Crippen molar-refractivity contribution in [2.45, 2.75) is 64.5 Å². The minimum absolute atomic E-state index is 0.763. The highest BCUT2D eigenvalue weighted by Gasteiger charge is 2.27. The van der Waals surface area contributed by atoms with Crippen molar-refractivity contribution in [1.82, 2.24) is 10.2 Å². The van der Waals surface area contributed by atoms with E-state index in [4.69, 9.17) is 4.74 Å². The lowest BCUT2D eigenvalue weighted by Gasteiger charge is -2.38. The Balaban J connectivity index is 1.62. The van der Waals surface area contributed by atoms with Crippen LogP contribution < -0.4 is 5.32 Å². The molecule has 3 atom stereocenters. The van der Waals surface area contributed by atoms with Crippen LogP contribution >= 0.6 is 0 Å². The lowest BCUT2D eigenvalue weighted by molar-refractivity contribution is 0.142. The Morgan fingerprint density at radius 1 is 1.00 bits per heavy atom. The first kappa shape index (κ1) is 16.3. The molecule has 1 N–H and O–H groups in total. The van der Waals surface area contributed by atoms with Crippen LogP contribution in [0.4, 0.5) is 0 Å². The van der Waals surface area contributed by atoms with Gasteiger partial charge in [-0.15, -0.1) is 0 Å². The van der Waals surface area contributed by atoms with Crippen molar-refractivity contribution < 1.29 is 4.74 Å². The van der Waals surface area contributed by atoms with Crippen LogP contribution in [0.2, 0.25) is 0 Å². The van der Waals surface area contributed by atoms with Crippen molar-refractivity contribution in [3.63, 3.8) is 0 Å². The van der Waals surface area contributed by atoms with E-state index >= 15 is 0 Å². The van der Waals surface area contributed by atoms with Crippen LogP contribution in [0.25, 0.3) is 0 Å². The summed E-state index contributed by atoms with van der Waals surface area (Å²) in [5.74, 6) is 1.83. The van der Waals surface area contributed by atoms with Gasteiger partial charge >= 0.3 is 0 Å². The largest absolute Gasteiger partial charge is 0.385 e. The predicted molar refractivity (Wildman–Crippen MR) is 85.1 cm³/mol.